The van der Waals surface area contributed by atoms with Crippen LogP contribution in [0.3, 0.4) is 0 Å². The highest BCUT2D eigenvalue weighted by atomic mass is 16.6. The molecule has 0 aromatic heterocycles. The van der Waals surface area contributed by atoms with Gasteiger partial charge in [-0.1, -0.05) is 71.1 Å². The molecule has 0 aromatic rings. The zero-order chi connectivity index (χ0) is 21.1. The SMILES string of the molecule is CCCCCCCCCCCCCOCCOCCOCCOCCOCCO. The molecular formula is C23H48O6. The van der Waals surface area contributed by atoms with Crippen molar-refractivity contribution in [2.24, 2.45) is 0 Å². The van der Waals surface area contributed by atoms with Gasteiger partial charge in [-0.05, 0) is 6.42 Å². The molecule has 0 aromatic carbocycles. The van der Waals surface area contributed by atoms with E-state index in [1.165, 1.54) is 64.2 Å². The Labute approximate surface area is 179 Å². The quantitative estimate of drug-likeness (QED) is 0.210. The minimum absolute atomic E-state index is 0.0491. The molecule has 0 spiro atoms. The molecule has 6 heteroatoms. The van der Waals surface area contributed by atoms with Crippen molar-refractivity contribution in [3.05, 3.63) is 0 Å². The van der Waals surface area contributed by atoms with Crippen molar-refractivity contribution in [1.82, 2.24) is 0 Å². The van der Waals surface area contributed by atoms with Gasteiger partial charge in [0.05, 0.1) is 66.1 Å². The van der Waals surface area contributed by atoms with Crippen LogP contribution in [0.5, 0.6) is 0 Å². The van der Waals surface area contributed by atoms with Crippen molar-refractivity contribution in [3.63, 3.8) is 0 Å². The standard InChI is InChI=1S/C23H48O6/c1-2-3-4-5-6-7-8-9-10-11-12-14-25-16-18-27-20-22-29-23-21-28-19-17-26-15-13-24/h24H,2-23H2,1H3. The van der Waals surface area contributed by atoms with Crippen LogP contribution in [0.2, 0.25) is 0 Å². The Hall–Kier alpha value is -0.240. The third-order valence-electron chi connectivity index (χ3n) is 4.62. The maximum Gasteiger partial charge on any atom is 0.0701 e. The molecule has 0 aliphatic carbocycles. The Kier molecular flexibility index (Phi) is 27.5. The molecule has 0 rings (SSSR count). The third-order valence-corrected chi connectivity index (χ3v) is 4.62. The van der Waals surface area contributed by atoms with Crippen LogP contribution in [0.4, 0.5) is 0 Å². The van der Waals surface area contributed by atoms with Gasteiger partial charge in [-0.2, -0.15) is 0 Å². The van der Waals surface area contributed by atoms with E-state index in [1.54, 1.807) is 0 Å². The lowest BCUT2D eigenvalue weighted by Gasteiger charge is -2.08. The molecular weight excluding hydrogens is 372 g/mol. The van der Waals surface area contributed by atoms with E-state index in [9.17, 15) is 0 Å². The second-order valence-electron chi connectivity index (χ2n) is 7.32. The van der Waals surface area contributed by atoms with Gasteiger partial charge in [0.1, 0.15) is 0 Å². The zero-order valence-corrected chi connectivity index (χ0v) is 19.0. The Morgan fingerprint density at radius 3 is 1.07 bits per heavy atom. The van der Waals surface area contributed by atoms with E-state index in [1.807, 2.05) is 0 Å². The highest BCUT2D eigenvalue weighted by Crippen LogP contribution is 2.11. The summed E-state index contributed by atoms with van der Waals surface area (Å²) in [4.78, 5) is 0. The van der Waals surface area contributed by atoms with E-state index >= 15 is 0 Å². The summed E-state index contributed by atoms with van der Waals surface area (Å²) < 4.78 is 26.9. The van der Waals surface area contributed by atoms with Crippen molar-refractivity contribution in [3.8, 4) is 0 Å². The summed E-state index contributed by atoms with van der Waals surface area (Å²) in [5.41, 5.74) is 0. The molecule has 1 N–H and O–H groups in total. The van der Waals surface area contributed by atoms with Crippen LogP contribution in [0.15, 0.2) is 0 Å². The van der Waals surface area contributed by atoms with Crippen molar-refractivity contribution >= 4 is 0 Å². The van der Waals surface area contributed by atoms with Crippen molar-refractivity contribution in [2.75, 3.05) is 72.7 Å². The normalized spacial score (nSPS) is 11.4. The van der Waals surface area contributed by atoms with E-state index in [-0.39, 0.29) is 6.61 Å². The Morgan fingerprint density at radius 2 is 0.690 bits per heavy atom. The van der Waals surface area contributed by atoms with E-state index in [0.717, 1.165) is 13.0 Å². The van der Waals surface area contributed by atoms with E-state index in [4.69, 9.17) is 28.8 Å². The van der Waals surface area contributed by atoms with E-state index in [0.29, 0.717) is 59.5 Å². The lowest BCUT2D eigenvalue weighted by molar-refractivity contribution is -0.0134. The molecule has 0 aliphatic heterocycles. The fourth-order valence-electron chi connectivity index (χ4n) is 2.91. The van der Waals surface area contributed by atoms with Crippen LogP contribution in [0.1, 0.15) is 77.6 Å². The predicted octanol–water partition coefficient (Wildman–Crippen LogP) is 4.37. The third kappa shape index (κ3) is 27.8. The monoisotopic (exact) mass is 420 g/mol. The zero-order valence-electron chi connectivity index (χ0n) is 19.0. The van der Waals surface area contributed by atoms with Crippen molar-refractivity contribution in [2.45, 2.75) is 77.6 Å². The summed E-state index contributed by atoms with van der Waals surface area (Å²) >= 11 is 0. The van der Waals surface area contributed by atoms with Gasteiger partial charge in [0, 0.05) is 6.61 Å². The maximum atomic E-state index is 8.54. The number of rotatable bonds is 26. The van der Waals surface area contributed by atoms with Crippen molar-refractivity contribution < 1.29 is 28.8 Å². The van der Waals surface area contributed by atoms with Gasteiger partial charge in [0.25, 0.3) is 0 Å². The van der Waals surface area contributed by atoms with Gasteiger partial charge in [-0.15, -0.1) is 0 Å². The molecule has 0 amide bonds. The summed E-state index contributed by atoms with van der Waals surface area (Å²) in [7, 11) is 0. The largest absolute Gasteiger partial charge is 0.394 e. The second kappa shape index (κ2) is 27.8. The van der Waals surface area contributed by atoms with Crippen molar-refractivity contribution in [1.29, 1.82) is 0 Å². The van der Waals surface area contributed by atoms with Crippen LogP contribution < -0.4 is 0 Å². The van der Waals surface area contributed by atoms with Gasteiger partial charge < -0.3 is 28.8 Å². The molecule has 0 heterocycles. The average molecular weight is 421 g/mol. The number of aliphatic hydroxyl groups excluding tert-OH is 1. The Morgan fingerprint density at radius 1 is 0.379 bits per heavy atom. The first-order valence-corrected chi connectivity index (χ1v) is 11.9. The van der Waals surface area contributed by atoms with Gasteiger partial charge in [0.2, 0.25) is 0 Å². The van der Waals surface area contributed by atoms with Gasteiger partial charge in [-0.25, -0.2) is 0 Å². The summed E-state index contributed by atoms with van der Waals surface area (Å²) in [5, 5.41) is 8.54. The first-order valence-electron chi connectivity index (χ1n) is 11.9. The fraction of sp³-hybridized carbons (Fsp3) is 1.00. The minimum Gasteiger partial charge on any atom is -0.394 e. The Balaban J connectivity index is 2.97. The molecule has 0 bridgehead atoms. The lowest BCUT2D eigenvalue weighted by atomic mass is 10.1. The van der Waals surface area contributed by atoms with Gasteiger partial charge in [-0.3, -0.25) is 0 Å². The number of aliphatic hydroxyl groups is 1. The summed E-state index contributed by atoms with van der Waals surface area (Å²) in [6.07, 6.45) is 15.0. The first kappa shape index (κ1) is 28.8. The smallest absolute Gasteiger partial charge is 0.0701 e. The molecule has 0 saturated carbocycles. The molecule has 0 radical (unpaired) electrons. The Bertz CT molecular complexity index is 252. The topological polar surface area (TPSA) is 66.4 Å². The number of ether oxygens (including phenoxy) is 5. The second-order valence-corrected chi connectivity index (χ2v) is 7.32. The molecule has 6 nitrogen and oxygen atoms in total. The molecule has 0 unspecified atom stereocenters. The average Bonchev–Trinajstić information content (AvgIpc) is 2.74. The maximum absolute atomic E-state index is 8.54. The van der Waals surface area contributed by atoms with Crippen LogP contribution in [-0.4, -0.2) is 77.8 Å². The fourth-order valence-corrected chi connectivity index (χ4v) is 2.91. The predicted molar refractivity (Wildman–Crippen MR) is 118 cm³/mol. The number of hydrogen-bond donors (Lipinski definition) is 1. The number of unbranched alkanes of at least 4 members (excludes halogenated alkanes) is 10. The molecule has 0 fully saturated rings. The van der Waals surface area contributed by atoms with Crippen LogP contribution in [-0.2, 0) is 23.7 Å². The highest BCUT2D eigenvalue weighted by Gasteiger charge is 1.95. The molecule has 29 heavy (non-hydrogen) atoms. The summed E-state index contributed by atoms with van der Waals surface area (Å²) in [6, 6.07) is 0. The molecule has 0 atom stereocenters. The first-order chi connectivity index (χ1) is 14.4. The molecule has 0 aliphatic rings. The molecule has 0 saturated heterocycles. The van der Waals surface area contributed by atoms with Gasteiger partial charge >= 0.3 is 0 Å². The minimum atomic E-state index is 0.0491. The van der Waals surface area contributed by atoms with Crippen LogP contribution in [0, 0.1) is 0 Å². The highest BCUT2D eigenvalue weighted by molar-refractivity contribution is 4.48. The summed E-state index contributed by atoms with van der Waals surface area (Å²) in [6.45, 7) is 8.10. The lowest BCUT2D eigenvalue weighted by Crippen LogP contribution is -2.13. The van der Waals surface area contributed by atoms with Gasteiger partial charge in [0.15, 0.2) is 0 Å². The van der Waals surface area contributed by atoms with E-state index < -0.39 is 0 Å². The molecule has 176 valence electrons. The summed E-state index contributed by atoms with van der Waals surface area (Å²) in [5.74, 6) is 0. The van der Waals surface area contributed by atoms with Crippen LogP contribution in [0.25, 0.3) is 0 Å². The van der Waals surface area contributed by atoms with Crippen LogP contribution >= 0.6 is 0 Å². The number of hydrogen-bond acceptors (Lipinski definition) is 6. The van der Waals surface area contributed by atoms with E-state index in [2.05, 4.69) is 6.92 Å².